The molecule has 2 radical (unpaired) electrons. The van der Waals surface area contributed by atoms with Gasteiger partial charge in [0.1, 0.15) is 54.3 Å². The van der Waals surface area contributed by atoms with Crippen molar-refractivity contribution in [2.24, 2.45) is 0 Å². The van der Waals surface area contributed by atoms with Gasteiger partial charge in [-0.05, 0) is 414 Å². The average Bonchev–Trinajstić information content (AvgIpc) is 1.64. The highest BCUT2D eigenvalue weighted by atomic mass is 127. The summed E-state index contributed by atoms with van der Waals surface area (Å²) in [7, 11) is 3.50. The van der Waals surface area contributed by atoms with Crippen molar-refractivity contribution < 1.29 is 82.2 Å². The van der Waals surface area contributed by atoms with Gasteiger partial charge in [0.05, 0.1) is 79.6 Å². The molecule has 0 atom stereocenters. The summed E-state index contributed by atoms with van der Waals surface area (Å²) >= 11 is 18.1. The lowest BCUT2D eigenvalue weighted by Crippen LogP contribution is -2.02. The molecule has 17 nitrogen and oxygen atoms in total. The van der Waals surface area contributed by atoms with Gasteiger partial charge in [-0.3, -0.25) is 0 Å². The molecule has 0 spiro atoms. The minimum Gasteiger partial charge on any atom is -0.508 e. The predicted molar refractivity (Wildman–Crippen MR) is 592 cm³/mol. The SMILES string of the molecule is C#Cc1ccc(OCCCCCCOC(=O)C=C)cc1.C=CCOOCCCCCCOc1ccc(-c2cc3cc4sc(C#Cc5ccc(OCCCCCCOC(=O)C=C)cc5)cc4cc3s2)cc1.C=CCOOCCCCCCOc1ccc(-c2cc3cc4sc(I)cc4cc3s2)cc1.C=CCOOCCCCCCOc1ccc(O)cc1.Ic1cc2cc3sc(I)cc3cc2s1.[B]O. The fourth-order valence-corrected chi connectivity index (χ4v) is 21.9. The van der Waals surface area contributed by atoms with Crippen molar-refractivity contribution in [1.29, 1.82) is 0 Å². The number of esters is 2. The van der Waals surface area contributed by atoms with Crippen LogP contribution in [0.2, 0.25) is 0 Å². The quantitative estimate of drug-likeness (QED) is 0.00420. The van der Waals surface area contributed by atoms with E-state index >= 15 is 0 Å². The van der Waals surface area contributed by atoms with Gasteiger partial charge in [0.15, 0.2) is 0 Å². The Balaban J connectivity index is 0.000000205. The van der Waals surface area contributed by atoms with Gasteiger partial charge < -0.3 is 43.3 Å². The van der Waals surface area contributed by atoms with E-state index in [4.69, 9.17) is 79.0 Å². The number of unbranched alkanes of at least 4 members (excludes halogenated alkanes) is 15. The van der Waals surface area contributed by atoms with E-state index in [9.17, 15) is 9.59 Å². The lowest BCUT2D eigenvalue weighted by Gasteiger charge is -2.07. The van der Waals surface area contributed by atoms with Crippen molar-refractivity contribution in [3.05, 3.63) is 282 Å². The molecule has 6 aromatic heterocycles. The van der Waals surface area contributed by atoms with Crippen LogP contribution in [-0.4, -0.2) is 116 Å². The van der Waals surface area contributed by atoms with E-state index in [2.05, 4.69) is 248 Å². The molecule has 0 fully saturated rings. The zero-order chi connectivity index (χ0) is 96.4. The standard InChI is InChI=1S/C42H44O6S2.C25H25IO3S2.C17H20O3.C15H22O4.C10H4I2S2.BHO/c1-3-23-47-48-27-12-8-7-10-25-45-37-20-16-33(17-21-37)39-30-35-31-40-34(29-41(35)50-39)28-38(49-40)22-15-32-13-18-36(19-14-32)44-24-9-5-6-11-26-46-42(43)4-2;1-2-11-28-29-13-6-4-3-5-12-27-21-9-7-18(8-10-21)22-14-19-15-24-20(16-23(19)30-22)17-25(26)31-24;1-3-15-9-11-16(12-10-15)19-13-7-5-6-8-14-20-17(18)4-2;1-2-11-18-19-13-6-4-3-5-12-17-15-9-7-14(16)8-10-15;11-9-3-5-1-7-6(2-8(5)14-9)4-10(12)13-7;1-2/h3-4,13-14,16-21,28-31H,1-2,5-12,23-27H2;2,7-10,14-17H,1,3-6,11-13H2;1,4,9-12H,2,5-8,13-14H2;2,7-10,16H,1,3-6,11-13H2;1-4H;2H. The molecular formula is C109H116BI3O17S6. The molecule has 0 aliphatic carbocycles. The van der Waals surface area contributed by atoms with Gasteiger partial charge in [0.2, 0.25) is 0 Å². The number of terminal acetylenes is 1. The van der Waals surface area contributed by atoms with Gasteiger partial charge >= 0.3 is 11.9 Å². The first-order valence-corrected chi connectivity index (χ1v) is 53.4. The third kappa shape index (κ3) is 42.0. The first-order chi connectivity index (χ1) is 66.6. The van der Waals surface area contributed by atoms with Gasteiger partial charge in [0.25, 0.3) is 8.05 Å². The van der Waals surface area contributed by atoms with Crippen LogP contribution in [0.1, 0.15) is 144 Å². The number of benzene rings is 8. The maximum absolute atomic E-state index is 11.0. The van der Waals surface area contributed by atoms with Crippen molar-refractivity contribution in [2.45, 2.75) is 128 Å². The van der Waals surface area contributed by atoms with Crippen LogP contribution >= 0.6 is 136 Å². The number of fused-ring (bicyclic) bond motifs is 6. The van der Waals surface area contributed by atoms with E-state index in [0.717, 1.165) is 180 Å². The van der Waals surface area contributed by atoms with Crippen LogP contribution < -0.4 is 23.7 Å². The Bertz CT molecular complexity index is 5800. The van der Waals surface area contributed by atoms with Gasteiger partial charge in [0, 0.05) is 61.2 Å². The summed E-state index contributed by atoms with van der Waals surface area (Å²) < 4.78 is 50.9. The van der Waals surface area contributed by atoms with E-state index in [1.807, 2.05) is 105 Å². The smallest absolute Gasteiger partial charge is 0.330 e. The summed E-state index contributed by atoms with van der Waals surface area (Å²) in [5, 5.41) is 23.5. The van der Waals surface area contributed by atoms with E-state index in [1.165, 1.54) is 102 Å². The van der Waals surface area contributed by atoms with Gasteiger partial charge in [-0.25, -0.2) is 38.9 Å². The molecule has 0 aliphatic rings. The van der Waals surface area contributed by atoms with Crippen molar-refractivity contribution in [3.63, 3.8) is 0 Å². The maximum Gasteiger partial charge on any atom is 0.330 e. The lowest BCUT2D eigenvalue weighted by atomic mass is 10.1. The molecule has 0 amide bonds. The van der Waals surface area contributed by atoms with E-state index < -0.39 is 0 Å². The highest BCUT2D eigenvalue weighted by molar-refractivity contribution is 14.1. The lowest BCUT2D eigenvalue weighted by molar-refractivity contribution is -0.286. The highest BCUT2D eigenvalue weighted by Gasteiger charge is 2.14. The van der Waals surface area contributed by atoms with Crippen molar-refractivity contribution in [3.8, 4) is 79.6 Å². The summed E-state index contributed by atoms with van der Waals surface area (Å²) in [6.07, 6.45) is 33.1. The largest absolute Gasteiger partial charge is 0.508 e. The maximum atomic E-state index is 11.0. The number of rotatable bonds is 53. The average molecular weight is 2280 g/mol. The Morgan fingerprint density at radius 2 is 0.588 bits per heavy atom. The first kappa shape index (κ1) is 111. The molecule has 714 valence electrons. The molecule has 0 saturated heterocycles. The minimum atomic E-state index is -0.363. The Morgan fingerprint density at radius 1 is 0.316 bits per heavy atom. The fourth-order valence-electron chi connectivity index (χ4n) is 13.2. The zero-order valence-electron chi connectivity index (χ0n) is 76.5. The zero-order valence-corrected chi connectivity index (χ0v) is 87.9. The second kappa shape index (κ2) is 65.8. The summed E-state index contributed by atoms with van der Waals surface area (Å²) in [6, 6.07) is 66.4. The van der Waals surface area contributed by atoms with E-state index in [-0.39, 0.29) is 17.7 Å². The molecule has 27 heteroatoms. The molecule has 0 unspecified atom stereocenters. The Labute approximate surface area is 865 Å². The molecule has 0 aliphatic heterocycles. The van der Waals surface area contributed by atoms with Crippen molar-refractivity contribution in [1.82, 2.24) is 0 Å². The Hall–Kier alpha value is -8.95. The monoisotopic (exact) mass is 2280 g/mol. The molecule has 2 N–H and O–H groups in total. The Kier molecular flexibility index (Phi) is 53.6. The second-order valence-electron chi connectivity index (χ2n) is 30.5. The first-order valence-electron chi connectivity index (χ1n) is 45.3. The van der Waals surface area contributed by atoms with Gasteiger partial charge in [-0.2, -0.15) is 0 Å². The molecule has 14 rings (SSSR count). The highest BCUT2D eigenvalue weighted by Crippen LogP contribution is 2.42. The number of aromatic hydroxyl groups is 1. The van der Waals surface area contributed by atoms with Gasteiger partial charge in [-0.1, -0.05) is 68.4 Å². The Morgan fingerprint density at radius 3 is 0.904 bits per heavy atom. The van der Waals surface area contributed by atoms with Crippen LogP contribution in [0.3, 0.4) is 0 Å². The minimum absolute atomic E-state index is 0.256. The number of carbonyl (C=O) groups excluding carboxylic acids is 2. The number of thiophene rings is 6. The summed E-state index contributed by atoms with van der Waals surface area (Å²) in [4.78, 5) is 55.1. The third-order valence-electron chi connectivity index (χ3n) is 20.1. The van der Waals surface area contributed by atoms with Crippen molar-refractivity contribution >= 4 is 216 Å². The number of hydrogen-bond acceptors (Lipinski definition) is 23. The molecular weight excluding hydrogens is 2170 g/mol. The van der Waals surface area contributed by atoms with E-state index in [0.29, 0.717) is 79.3 Å². The summed E-state index contributed by atoms with van der Waals surface area (Å²) in [5.74, 6) is 13.1. The van der Waals surface area contributed by atoms with Crippen LogP contribution in [0, 0.1) is 32.8 Å². The number of carbonyl (C=O) groups is 2. The van der Waals surface area contributed by atoms with Crippen LogP contribution in [0.25, 0.3) is 81.4 Å². The number of phenols is 1. The molecule has 6 heterocycles. The predicted octanol–water partition coefficient (Wildman–Crippen LogP) is 30.6. The van der Waals surface area contributed by atoms with Crippen LogP contribution in [-0.2, 0) is 48.4 Å². The molecule has 8 aromatic carbocycles. The fraction of sp³-hybridized carbons (Fsp3) is 0.303. The summed E-state index contributed by atoms with van der Waals surface area (Å²) in [5.41, 5.74) is 4.25. The van der Waals surface area contributed by atoms with E-state index in [1.54, 1.807) is 53.8 Å². The number of hydrogen-bond donors (Lipinski definition) is 2. The number of phenolic OH excluding ortho intramolecular Hbond substituents is 1. The molecule has 0 saturated carbocycles. The van der Waals surface area contributed by atoms with Crippen LogP contribution in [0.4, 0.5) is 0 Å². The topological polar surface area (TPSA) is 195 Å². The molecule has 0 bridgehead atoms. The number of halogens is 3. The number of ether oxygens (including phenoxy) is 7. The van der Waals surface area contributed by atoms with Crippen LogP contribution in [0.5, 0.6) is 34.5 Å². The third-order valence-corrected chi connectivity index (χ3v) is 29.0. The summed E-state index contributed by atoms with van der Waals surface area (Å²) in [6.45, 7) is 25.0. The molecule has 14 aromatic rings. The van der Waals surface area contributed by atoms with Crippen LogP contribution in [0.15, 0.2) is 257 Å². The normalized spacial score (nSPS) is 10.7. The second-order valence-corrected chi connectivity index (χ2v) is 42.7. The van der Waals surface area contributed by atoms with Gasteiger partial charge in [-0.15, -0.1) is 94.2 Å². The van der Waals surface area contributed by atoms with Crippen molar-refractivity contribution in [2.75, 3.05) is 85.9 Å². The molecule has 136 heavy (non-hydrogen) atoms.